The average molecular weight is 367 g/mol. The number of para-hydroxylation sites is 1. The summed E-state index contributed by atoms with van der Waals surface area (Å²) in [7, 11) is 0. The van der Waals surface area contributed by atoms with Crippen molar-refractivity contribution in [3.8, 4) is 0 Å². The Morgan fingerprint density at radius 1 is 1.00 bits per heavy atom. The number of carbonyl (C=O) groups is 2. The van der Waals surface area contributed by atoms with Gasteiger partial charge in [-0.25, -0.2) is 4.79 Å². The van der Waals surface area contributed by atoms with Crippen molar-refractivity contribution in [2.75, 3.05) is 5.32 Å². The molecule has 134 valence electrons. The minimum absolute atomic E-state index is 0.280. The van der Waals surface area contributed by atoms with Crippen molar-refractivity contribution in [1.82, 2.24) is 0 Å². The molecule has 5 heteroatoms. The minimum atomic E-state index is -0.882. The first-order chi connectivity index (χ1) is 12.5. The molecule has 1 amide bonds. The molecule has 2 aromatic carbocycles. The Kier molecular flexibility index (Phi) is 5.38. The molecule has 0 aliphatic heterocycles. The molecule has 3 aromatic rings. The van der Waals surface area contributed by atoms with E-state index in [1.165, 1.54) is 11.3 Å². The van der Waals surface area contributed by atoms with Crippen LogP contribution in [0.4, 0.5) is 5.69 Å². The molecule has 1 heterocycles. The van der Waals surface area contributed by atoms with Crippen LogP contribution >= 0.6 is 11.3 Å². The van der Waals surface area contributed by atoms with Crippen LogP contribution in [0.2, 0.25) is 0 Å². The maximum Gasteiger partial charge on any atom is 0.349 e. The molecule has 0 spiro atoms. The van der Waals surface area contributed by atoms with Gasteiger partial charge in [-0.3, -0.25) is 4.79 Å². The molecule has 26 heavy (non-hydrogen) atoms. The highest BCUT2D eigenvalue weighted by molar-refractivity contribution is 7.20. The Bertz CT molecular complexity index is 912. The third-order valence-electron chi connectivity index (χ3n) is 4.12. The van der Waals surface area contributed by atoms with E-state index in [-0.39, 0.29) is 11.8 Å². The highest BCUT2D eigenvalue weighted by Crippen LogP contribution is 2.27. The van der Waals surface area contributed by atoms with E-state index in [1.54, 1.807) is 13.0 Å². The highest BCUT2D eigenvalue weighted by Gasteiger charge is 2.21. The van der Waals surface area contributed by atoms with Crippen LogP contribution in [-0.2, 0) is 9.53 Å². The van der Waals surface area contributed by atoms with Crippen molar-refractivity contribution < 1.29 is 14.3 Å². The summed E-state index contributed by atoms with van der Waals surface area (Å²) in [6.45, 7) is 5.71. The van der Waals surface area contributed by atoms with Crippen LogP contribution in [0.25, 0.3) is 10.1 Å². The van der Waals surface area contributed by atoms with Crippen LogP contribution in [0.15, 0.2) is 54.6 Å². The molecule has 0 radical (unpaired) electrons. The number of ether oxygens (including phenoxy) is 1. The van der Waals surface area contributed by atoms with Gasteiger partial charge in [-0.05, 0) is 42.0 Å². The van der Waals surface area contributed by atoms with E-state index in [9.17, 15) is 9.59 Å². The Morgan fingerprint density at radius 3 is 2.42 bits per heavy atom. The number of fused-ring (bicyclic) bond motifs is 1. The van der Waals surface area contributed by atoms with Crippen molar-refractivity contribution in [2.45, 2.75) is 32.8 Å². The molecule has 0 saturated heterocycles. The van der Waals surface area contributed by atoms with Crippen LogP contribution in [0, 0.1) is 0 Å². The summed E-state index contributed by atoms with van der Waals surface area (Å²) >= 11 is 1.36. The smallest absolute Gasteiger partial charge is 0.349 e. The summed E-state index contributed by atoms with van der Waals surface area (Å²) in [4.78, 5) is 25.3. The number of anilines is 1. The number of amides is 1. The lowest BCUT2D eigenvalue weighted by atomic mass is 10.0. The van der Waals surface area contributed by atoms with E-state index in [0.29, 0.717) is 4.88 Å². The zero-order valence-electron chi connectivity index (χ0n) is 15.0. The first kappa shape index (κ1) is 18.1. The second-order valence-electron chi connectivity index (χ2n) is 6.43. The number of benzene rings is 2. The van der Waals surface area contributed by atoms with Crippen molar-refractivity contribution in [3.63, 3.8) is 0 Å². The first-order valence-electron chi connectivity index (χ1n) is 8.55. The highest BCUT2D eigenvalue weighted by atomic mass is 32.1. The number of hydrogen-bond donors (Lipinski definition) is 1. The summed E-state index contributed by atoms with van der Waals surface area (Å²) in [5.74, 6) is -0.540. The third-order valence-corrected chi connectivity index (χ3v) is 5.22. The Morgan fingerprint density at radius 2 is 1.69 bits per heavy atom. The number of rotatable bonds is 5. The van der Waals surface area contributed by atoms with Gasteiger partial charge in [0.25, 0.3) is 5.91 Å². The lowest BCUT2D eigenvalue weighted by Gasteiger charge is -2.16. The van der Waals surface area contributed by atoms with Crippen LogP contribution in [0.1, 0.15) is 41.9 Å². The van der Waals surface area contributed by atoms with E-state index < -0.39 is 12.1 Å². The average Bonchev–Trinajstić information content (AvgIpc) is 3.06. The topological polar surface area (TPSA) is 55.4 Å². The van der Waals surface area contributed by atoms with Gasteiger partial charge in [0.2, 0.25) is 0 Å². The summed E-state index contributed by atoms with van der Waals surface area (Å²) in [6, 6.07) is 17.2. The molecule has 0 bridgehead atoms. The number of esters is 1. The maximum atomic E-state index is 12.4. The lowest BCUT2D eigenvalue weighted by molar-refractivity contribution is -0.123. The Balaban J connectivity index is 1.68. The van der Waals surface area contributed by atoms with Gasteiger partial charge in [0.05, 0.1) is 0 Å². The molecule has 0 saturated carbocycles. The molecule has 1 aromatic heterocycles. The molecule has 0 aliphatic carbocycles. The molecular weight excluding hydrogens is 346 g/mol. The van der Waals surface area contributed by atoms with Crippen molar-refractivity contribution in [1.29, 1.82) is 0 Å². The standard InChI is InChI=1S/C21H21NO3S/c1-13(2)16-9-5-6-10-17(16)22-20(23)14(3)25-21(24)19-12-15-8-4-7-11-18(15)26-19/h4-14H,1-3H3,(H,22,23)/t14-/m0/s1. The fourth-order valence-electron chi connectivity index (χ4n) is 2.70. The number of carbonyl (C=O) groups excluding carboxylic acids is 2. The quantitative estimate of drug-likeness (QED) is 0.630. The predicted molar refractivity (Wildman–Crippen MR) is 106 cm³/mol. The van der Waals surface area contributed by atoms with Gasteiger partial charge in [0.1, 0.15) is 4.88 Å². The molecular formula is C21H21NO3S. The second kappa shape index (κ2) is 7.70. The summed E-state index contributed by atoms with van der Waals surface area (Å²) < 4.78 is 6.38. The molecule has 0 aliphatic rings. The van der Waals surface area contributed by atoms with Crippen molar-refractivity contribution in [3.05, 3.63) is 65.0 Å². The second-order valence-corrected chi connectivity index (χ2v) is 7.51. The third kappa shape index (κ3) is 3.94. The Hall–Kier alpha value is -2.66. The largest absolute Gasteiger partial charge is 0.448 e. The molecule has 3 rings (SSSR count). The van der Waals surface area contributed by atoms with Gasteiger partial charge < -0.3 is 10.1 Å². The van der Waals surface area contributed by atoms with Gasteiger partial charge in [0, 0.05) is 10.4 Å². The Labute approximate surface area is 156 Å². The van der Waals surface area contributed by atoms with Gasteiger partial charge >= 0.3 is 5.97 Å². The van der Waals surface area contributed by atoms with Crippen LogP contribution in [-0.4, -0.2) is 18.0 Å². The molecule has 0 fully saturated rings. The van der Waals surface area contributed by atoms with Crippen molar-refractivity contribution >= 4 is 39.0 Å². The van der Waals surface area contributed by atoms with Gasteiger partial charge in [-0.15, -0.1) is 11.3 Å². The van der Waals surface area contributed by atoms with E-state index in [1.807, 2.05) is 48.5 Å². The monoisotopic (exact) mass is 367 g/mol. The fourth-order valence-corrected chi connectivity index (χ4v) is 3.65. The number of hydrogen-bond acceptors (Lipinski definition) is 4. The normalized spacial score (nSPS) is 12.2. The summed E-state index contributed by atoms with van der Waals surface area (Å²) in [6.07, 6.45) is -0.882. The summed E-state index contributed by atoms with van der Waals surface area (Å²) in [5, 5.41) is 3.86. The van der Waals surface area contributed by atoms with Crippen molar-refractivity contribution in [2.24, 2.45) is 0 Å². The van der Waals surface area contributed by atoms with E-state index in [4.69, 9.17) is 4.74 Å². The molecule has 1 N–H and O–H groups in total. The zero-order chi connectivity index (χ0) is 18.7. The zero-order valence-corrected chi connectivity index (χ0v) is 15.8. The predicted octanol–water partition coefficient (Wildman–Crippen LogP) is 5.21. The number of thiophene rings is 1. The fraction of sp³-hybridized carbons (Fsp3) is 0.238. The SMILES string of the molecule is CC(C)c1ccccc1NC(=O)[C@H](C)OC(=O)c1cc2ccccc2s1. The first-order valence-corrected chi connectivity index (χ1v) is 9.36. The molecule has 4 nitrogen and oxygen atoms in total. The summed E-state index contributed by atoms with van der Waals surface area (Å²) in [5.41, 5.74) is 1.79. The van der Waals surface area contributed by atoms with Crippen LogP contribution in [0.5, 0.6) is 0 Å². The molecule has 0 unspecified atom stereocenters. The van der Waals surface area contributed by atoms with E-state index in [0.717, 1.165) is 21.3 Å². The van der Waals surface area contributed by atoms with E-state index >= 15 is 0 Å². The minimum Gasteiger partial charge on any atom is -0.448 e. The maximum absolute atomic E-state index is 12.4. The molecule has 1 atom stereocenters. The van der Waals surface area contributed by atoms with Crippen LogP contribution in [0.3, 0.4) is 0 Å². The lowest BCUT2D eigenvalue weighted by Crippen LogP contribution is -2.30. The van der Waals surface area contributed by atoms with Crippen LogP contribution < -0.4 is 5.32 Å². The van der Waals surface area contributed by atoms with E-state index in [2.05, 4.69) is 19.2 Å². The van der Waals surface area contributed by atoms with Gasteiger partial charge in [0.15, 0.2) is 6.10 Å². The number of nitrogens with one attached hydrogen (secondary N) is 1. The van der Waals surface area contributed by atoms with Gasteiger partial charge in [-0.1, -0.05) is 50.2 Å². The van der Waals surface area contributed by atoms with Gasteiger partial charge in [-0.2, -0.15) is 0 Å².